The maximum absolute atomic E-state index is 12.7. The summed E-state index contributed by atoms with van der Waals surface area (Å²) in [5.74, 6) is 1.55. The molecule has 146 valence electrons. The SMILES string of the molecule is CCc1nc(-c2ccc3c(c2)CC[C@H]3CC(=O)c2cnn(C[C@H](C)O)c2)no1. The summed E-state index contributed by atoms with van der Waals surface area (Å²) in [4.78, 5) is 17.1. The van der Waals surface area contributed by atoms with Crippen molar-refractivity contribution < 1.29 is 14.4 Å². The fourth-order valence-electron chi connectivity index (χ4n) is 3.79. The predicted molar refractivity (Wildman–Crippen MR) is 103 cm³/mol. The maximum atomic E-state index is 12.7. The molecule has 0 unspecified atom stereocenters. The smallest absolute Gasteiger partial charge is 0.226 e. The normalized spacial score (nSPS) is 16.9. The van der Waals surface area contributed by atoms with E-state index in [1.54, 1.807) is 24.0 Å². The Balaban J connectivity index is 1.47. The number of ketones is 1. The molecule has 0 radical (unpaired) electrons. The van der Waals surface area contributed by atoms with Gasteiger partial charge in [-0.1, -0.05) is 24.2 Å². The molecule has 2 aromatic heterocycles. The number of benzene rings is 1. The van der Waals surface area contributed by atoms with E-state index in [-0.39, 0.29) is 11.7 Å². The molecular formula is C21H24N4O3. The van der Waals surface area contributed by atoms with Gasteiger partial charge in [-0.3, -0.25) is 9.48 Å². The number of aliphatic hydroxyl groups is 1. The van der Waals surface area contributed by atoms with Crippen LogP contribution in [-0.4, -0.2) is 36.9 Å². The van der Waals surface area contributed by atoms with Gasteiger partial charge in [0.2, 0.25) is 11.7 Å². The van der Waals surface area contributed by atoms with Crippen LogP contribution < -0.4 is 0 Å². The number of carbonyl (C=O) groups excluding carboxylic acids is 1. The quantitative estimate of drug-likeness (QED) is 0.633. The highest BCUT2D eigenvalue weighted by molar-refractivity contribution is 5.96. The van der Waals surface area contributed by atoms with Crippen LogP contribution in [0.2, 0.25) is 0 Å². The molecule has 0 saturated carbocycles. The van der Waals surface area contributed by atoms with Crippen LogP contribution in [0.15, 0.2) is 35.1 Å². The minimum atomic E-state index is -0.494. The van der Waals surface area contributed by atoms with Crippen LogP contribution in [0.3, 0.4) is 0 Å². The van der Waals surface area contributed by atoms with Gasteiger partial charge in [0, 0.05) is 24.6 Å². The molecule has 2 atom stereocenters. The zero-order chi connectivity index (χ0) is 19.7. The number of hydrogen-bond acceptors (Lipinski definition) is 6. The molecule has 2 heterocycles. The highest BCUT2D eigenvalue weighted by atomic mass is 16.5. The average Bonchev–Trinajstić information content (AvgIpc) is 3.40. The second-order valence-electron chi connectivity index (χ2n) is 7.44. The van der Waals surface area contributed by atoms with E-state index in [2.05, 4.69) is 27.4 Å². The molecular weight excluding hydrogens is 356 g/mol. The summed E-state index contributed by atoms with van der Waals surface area (Å²) in [5, 5.41) is 17.7. The number of Topliss-reactive ketones (excluding diaryl/α,β-unsaturated/α-hetero) is 1. The fraction of sp³-hybridized carbons (Fsp3) is 0.429. The molecule has 0 amide bonds. The molecule has 1 aliphatic carbocycles. The average molecular weight is 380 g/mol. The van der Waals surface area contributed by atoms with Crippen molar-refractivity contribution in [3.8, 4) is 11.4 Å². The van der Waals surface area contributed by atoms with Gasteiger partial charge in [-0.15, -0.1) is 0 Å². The number of nitrogens with zero attached hydrogens (tertiary/aromatic N) is 4. The van der Waals surface area contributed by atoms with Crippen LogP contribution in [0, 0.1) is 0 Å². The Labute approximate surface area is 163 Å². The van der Waals surface area contributed by atoms with E-state index < -0.39 is 6.10 Å². The first-order chi connectivity index (χ1) is 13.5. The minimum Gasteiger partial charge on any atom is -0.391 e. The van der Waals surface area contributed by atoms with E-state index >= 15 is 0 Å². The summed E-state index contributed by atoms with van der Waals surface area (Å²) in [7, 11) is 0. The lowest BCUT2D eigenvalue weighted by Gasteiger charge is -2.10. The highest BCUT2D eigenvalue weighted by Gasteiger charge is 2.26. The first-order valence-electron chi connectivity index (χ1n) is 9.73. The molecule has 1 aliphatic rings. The van der Waals surface area contributed by atoms with E-state index in [9.17, 15) is 9.90 Å². The molecule has 7 heteroatoms. The maximum Gasteiger partial charge on any atom is 0.226 e. The summed E-state index contributed by atoms with van der Waals surface area (Å²) in [6.45, 7) is 4.07. The predicted octanol–water partition coefficient (Wildman–Crippen LogP) is 3.18. The van der Waals surface area contributed by atoms with Gasteiger partial charge in [-0.05, 0) is 42.9 Å². The van der Waals surface area contributed by atoms with E-state index in [4.69, 9.17) is 4.52 Å². The Morgan fingerprint density at radius 2 is 2.29 bits per heavy atom. The van der Waals surface area contributed by atoms with E-state index in [0.29, 0.717) is 30.2 Å². The molecule has 1 N–H and O–H groups in total. The molecule has 0 bridgehead atoms. The van der Waals surface area contributed by atoms with E-state index in [1.165, 1.54) is 11.1 Å². The van der Waals surface area contributed by atoms with Crippen LogP contribution in [0.4, 0.5) is 0 Å². The van der Waals surface area contributed by atoms with Crippen LogP contribution in [0.25, 0.3) is 11.4 Å². The van der Waals surface area contributed by atoms with Crippen molar-refractivity contribution in [2.24, 2.45) is 0 Å². The molecule has 0 aliphatic heterocycles. The minimum absolute atomic E-state index is 0.0875. The second kappa shape index (κ2) is 7.67. The van der Waals surface area contributed by atoms with Crippen LogP contribution in [-0.2, 0) is 19.4 Å². The lowest BCUT2D eigenvalue weighted by Crippen LogP contribution is -2.12. The van der Waals surface area contributed by atoms with Gasteiger partial charge >= 0.3 is 0 Å². The third kappa shape index (κ3) is 3.75. The van der Waals surface area contributed by atoms with Gasteiger partial charge in [-0.2, -0.15) is 10.1 Å². The van der Waals surface area contributed by atoms with Gasteiger partial charge in [0.15, 0.2) is 5.78 Å². The Hall–Kier alpha value is -2.80. The molecule has 0 saturated heterocycles. The van der Waals surface area contributed by atoms with Crippen molar-refractivity contribution in [3.05, 3.63) is 53.2 Å². The third-order valence-electron chi connectivity index (χ3n) is 5.21. The first-order valence-corrected chi connectivity index (χ1v) is 9.73. The van der Waals surface area contributed by atoms with Crippen LogP contribution in [0.5, 0.6) is 0 Å². The Bertz CT molecular complexity index is 989. The number of carbonyl (C=O) groups is 1. The fourth-order valence-corrected chi connectivity index (χ4v) is 3.79. The number of fused-ring (bicyclic) bond motifs is 1. The van der Waals surface area contributed by atoms with Crippen molar-refractivity contribution in [1.82, 2.24) is 19.9 Å². The van der Waals surface area contributed by atoms with E-state index in [0.717, 1.165) is 24.8 Å². The van der Waals surface area contributed by atoms with Gasteiger partial charge in [0.1, 0.15) is 0 Å². The third-order valence-corrected chi connectivity index (χ3v) is 5.21. The number of aromatic nitrogens is 4. The Morgan fingerprint density at radius 3 is 3.04 bits per heavy atom. The zero-order valence-corrected chi connectivity index (χ0v) is 16.1. The first kappa shape index (κ1) is 18.6. The van der Waals surface area contributed by atoms with Crippen LogP contribution in [0.1, 0.15) is 60.0 Å². The summed E-state index contributed by atoms with van der Waals surface area (Å²) in [6.07, 6.45) is 5.90. The molecule has 4 rings (SSSR count). The standard InChI is InChI=1S/C21H24N4O3/c1-3-20-23-21(24-28-20)16-6-7-18-14(8-16)4-5-15(18)9-19(27)17-10-22-25(12-17)11-13(2)26/h6-8,10,12-13,15,26H,3-5,9,11H2,1-2H3/t13-,15-/m0/s1. The molecule has 3 aromatic rings. The molecule has 0 fully saturated rings. The van der Waals surface area contributed by atoms with Crippen LogP contribution >= 0.6 is 0 Å². The van der Waals surface area contributed by atoms with Crippen molar-refractivity contribution in [2.75, 3.05) is 0 Å². The summed E-state index contributed by atoms with van der Waals surface area (Å²) in [6, 6.07) is 6.21. The van der Waals surface area contributed by atoms with Crippen molar-refractivity contribution >= 4 is 5.78 Å². The largest absolute Gasteiger partial charge is 0.391 e. The number of hydrogen-bond donors (Lipinski definition) is 1. The number of aliphatic hydroxyl groups excluding tert-OH is 1. The molecule has 1 aromatic carbocycles. The molecule has 7 nitrogen and oxygen atoms in total. The number of rotatable bonds is 7. The lowest BCUT2D eigenvalue weighted by atomic mass is 9.93. The Kier molecular flexibility index (Phi) is 5.09. The molecule has 0 spiro atoms. The van der Waals surface area contributed by atoms with Crippen molar-refractivity contribution in [3.63, 3.8) is 0 Å². The summed E-state index contributed by atoms with van der Waals surface area (Å²) in [5.41, 5.74) is 4.04. The highest BCUT2D eigenvalue weighted by Crippen LogP contribution is 2.38. The summed E-state index contributed by atoms with van der Waals surface area (Å²) >= 11 is 0. The number of aryl methyl sites for hydroxylation is 2. The molecule has 28 heavy (non-hydrogen) atoms. The van der Waals surface area contributed by atoms with Crippen molar-refractivity contribution in [2.45, 2.75) is 58.1 Å². The zero-order valence-electron chi connectivity index (χ0n) is 16.1. The van der Waals surface area contributed by atoms with Gasteiger partial charge in [0.05, 0.1) is 24.4 Å². The Morgan fingerprint density at radius 1 is 1.43 bits per heavy atom. The van der Waals surface area contributed by atoms with E-state index in [1.807, 2.05) is 13.0 Å². The topological polar surface area (TPSA) is 94.0 Å². The monoisotopic (exact) mass is 380 g/mol. The summed E-state index contributed by atoms with van der Waals surface area (Å²) < 4.78 is 6.82. The van der Waals surface area contributed by atoms with Gasteiger partial charge in [0.25, 0.3) is 0 Å². The lowest BCUT2D eigenvalue weighted by molar-refractivity contribution is 0.0973. The van der Waals surface area contributed by atoms with Crippen molar-refractivity contribution in [1.29, 1.82) is 0 Å². The van der Waals surface area contributed by atoms with Gasteiger partial charge in [-0.25, -0.2) is 0 Å². The second-order valence-corrected chi connectivity index (χ2v) is 7.44. The van der Waals surface area contributed by atoms with Gasteiger partial charge < -0.3 is 9.63 Å².